The molecule has 0 saturated carbocycles. The summed E-state index contributed by atoms with van der Waals surface area (Å²) in [6, 6.07) is 19.4. The van der Waals surface area contributed by atoms with Gasteiger partial charge >= 0.3 is 11.8 Å². The van der Waals surface area contributed by atoms with Crippen molar-refractivity contribution in [3.8, 4) is 11.5 Å². The summed E-state index contributed by atoms with van der Waals surface area (Å²) in [6.07, 6.45) is 1.39. The number of benzene rings is 3. The number of hydrogen-bond acceptors (Lipinski definition) is 6. The van der Waals surface area contributed by atoms with Crippen molar-refractivity contribution in [2.75, 3.05) is 24.4 Å². The lowest BCUT2D eigenvalue weighted by molar-refractivity contribution is -0.136. The fourth-order valence-corrected chi connectivity index (χ4v) is 3.00. The lowest BCUT2D eigenvalue weighted by Gasteiger charge is -2.10. The first kappa shape index (κ1) is 25.0. The summed E-state index contributed by atoms with van der Waals surface area (Å²) in [7, 11) is 1.53. The van der Waals surface area contributed by atoms with E-state index in [2.05, 4.69) is 21.2 Å². The highest BCUT2D eigenvalue weighted by molar-refractivity contribution is 6.39. The highest BCUT2D eigenvalue weighted by atomic mass is 16.5. The Morgan fingerprint density at radius 3 is 2.37 bits per heavy atom. The average Bonchev–Trinajstić information content (AvgIpc) is 2.86. The molecule has 3 aromatic rings. The second kappa shape index (κ2) is 12.0. The topological polar surface area (TPSA) is 118 Å². The number of nitrogens with zero attached hydrogens (tertiary/aromatic N) is 1. The number of amides is 3. The first-order chi connectivity index (χ1) is 16.9. The van der Waals surface area contributed by atoms with E-state index in [-0.39, 0.29) is 12.5 Å². The molecule has 0 saturated heterocycles. The van der Waals surface area contributed by atoms with E-state index >= 15 is 0 Å². The largest absolute Gasteiger partial charge is 0.495 e. The molecule has 3 amide bonds. The van der Waals surface area contributed by atoms with Crippen molar-refractivity contribution in [3.63, 3.8) is 0 Å². The minimum Gasteiger partial charge on any atom is -0.495 e. The smallest absolute Gasteiger partial charge is 0.329 e. The molecule has 0 unspecified atom stereocenters. The molecule has 9 heteroatoms. The zero-order valence-corrected chi connectivity index (χ0v) is 19.6. The van der Waals surface area contributed by atoms with Crippen LogP contribution in [0.1, 0.15) is 16.7 Å². The number of hydrazone groups is 1. The maximum absolute atomic E-state index is 12.1. The first-order valence-corrected chi connectivity index (χ1v) is 10.7. The fourth-order valence-electron chi connectivity index (χ4n) is 3.00. The molecular weight excluding hydrogens is 448 g/mol. The standard InChI is InChI=1S/C26H26N4O5/c1-17-8-9-18(2)22(14-17)29-25(32)26(33)30-27-15-19-10-12-20(13-11-19)35-16-24(31)28-21-6-4-5-7-23(21)34-3/h4-15H,16H2,1-3H3,(H,28,31)(H,29,32)(H,30,33)/b27-15-. The van der Waals surface area contributed by atoms with E-state index < -0.39 is 11.8 Å². The predicted octanol–water partition coefficient (Wildman–Crippen LogP) is 3.42. The van der Waals surface area contributed by atoms with E-state index in [1.54, 1.807) is 48.5 Å². The average molecular weight is 475 g/mol. The number of para-hydroxylation sites is 2. The number of aryl methyl sites for hydroxylation is 2. The molecule has 3 N–H and O–H groups in total. The summed E-state index contributed by atoms with van der Waals surface area (Å²) in [5.41, 5.74) is 5.79. The summed E-state index contributed by atoms with van der Waals surface area (Å²) in [5, 5.41) is 9.11. The number of nitrogens with one attached hydrogen (secondary N) is 3. The molecule has 3 rings (SSSR count). The van der Waals surface area contributed by atoms with E-state index in [1.807, 2.05) is 32.0 Å². The summed E-state index contributed by atoms with van der Waals surface area (Å²) >= 11 is 0. The zero-order chi connectivity index (χ0) is 25.2. The lowest BCUT2D eigenvalue weighted by Crippen LogP contribution is -2.32. The number of rotatable bonds is 8. The number of ether oxygens (including phenoxy) is 2. The van der Waals surface area contributed by atoms with Crippen molar-refractivity contribution in [1.29, 1.82) is 0 Å². The van der Waals surface area contributed by atoms with Crippen molar-refractivity contribution < 1.29 is 23.9 Å². The molecule has 0 spiro atoms. The molecule has 0 aliphatic rings. The van der Waals surface area contributed by atoms with Gasteiger partial charge in [-0.25, -0.2) is 5.43 Å². The van der Waals surface area contributed by atoms with Gasteiger partial charge < -0.3 is 20.1 Å². The number of carbonyl (C=O) groups is 3. The van der Waals surface area contributed by atoms with Gasteiger partial charge in [0.2, 0.25) is 0 Å². The van der Waals surface area contributed by atoms with Gasteiger partial charge in [-0.15, -0.1) is 0 Å². The summed E-state index contributed by atoms with van der Waals surface area (Å²) in [4.78, 5) is 36.2. The van der Waals surface area contributed by atoms with Crippen LogP contribution in [0.15, 0.2) is 71.8 Å². The van der Waals surface area contributed by atoms with Crippen LogP contribution in [-0.4, -0.2) is 37.7 Å². The highest BCUT2D eigenvalue weighted by Gasteiger charge is 2.14. The van der Waals surface area contributed by atoms with E-state index in [0.29, 0.717) is 28.4 Å². The third-order valence-corrected chi connectivity index (χ3v) is 4.86. The SMILES string of the molecule is COc1ccccc1NC(=O)COc1ccc(/C=N\NC(=O)C(=O)Nc2cc(C)ccc2C)cc1. The van der Waals surface area contributed by atoms with Gasteiger partial charge in [0.25, 0.3) is 5.91 Å². The molecule has 180 valence electrons. The van der Waals surface area contributed by atoms with Crippen molar-refractivity contribution in [2.45, 2.75) is 13.8 Å². The maximum atomic E-state index is 12.1. The van der Waals surface area contributed by atoms with E-state index in [4.69, 9.17) is 9.47 Å². The third kappa shape index (κ3) is 7.43. The van der Waals surface area contributed by atoms with Gasteiger partial charge in [-0.1, -0.05) is 24.3 Å². The lowest BCUT2D eigenvalue weighted by atomic mass is 10.1. The van der Waals surface area contributed by atoms with Crippen molar-refractivity contribution in [3.05, 3.63) is 83.4 Å². The van der Waals surface area contributed by atoms with Crippen LogP contribution in [-0.2, 0) is 14.4 Å². The number of methoxy groups -OCH3 is 1. The Morgan fingerprint density at radius 2 is 1.63 bits per heavy atom. The van der Waals surface area contributed by atoms with Gasteiger partial charge in [0.15, 0.2) is 6.61 Å². The van der Waals surface area contributed by atoms with E-state index in [1.165, 1.54) is 13.3 Å². The molecule has 0 aromatic heterocycles. The van der Waals surface area contributed by atoms with Crippen LogP contribution in [0.5, 0.6) is 11.5 Å². The van der Waals surface area contributed by atoms with E-state index in [0.717, 1.165) is 11.1 Å². The van der Waals surface area contributed by atoms with Gasteiger partial charge in [-0.05, 0) is 73.0 Å². The van der Waals surface area contributed by atoms with Gasteiger partial charge in [-0.2, -0.15) is 5.10 Å². The second-order valence-electron chi connectivity index (χ2n) is 7.58. The second-order valence-corrected chi connectivity index (χ2v) is 7.58. The summed E-state index contributed by atoms with van der Waals surface area (Å²) in [5.74, 6) is -0.996. The fraction of sp³-hybridized carbons (Fsp3) is 0.154. The van der Waals surface area contributed by atoms with Crippen LogP contribution in [0.3, 0.4) is 0 Å². The van der Waals surface area contributed by atoms with Crippen molar-refractivity contribution in [1.82, 2.24) is 5.43 Å². The molecule has 0 atom stereocenters. The van der Waals surface area contributed by atoms with Crippen LogP contribution in [0.2, 0.25) is 0 Å². The number of hydrogen-bond donors (Lipinski definition) is 3. The molecule has 0 bridgehead atoms. The van der Waals surface area contributed by atoms with E-state index in [9.17, 15) is 14.4 Å². The minimum atomic E-state index is -0.886. The Labute approximate surface area is 203 Å². The molecule has 0 fully saturated rings. The number of anilines is 2. The molecule has 9 nitrogen and oxygen atoms in total. The van der Waals surface area contributed by atoms with Crippen molar-refractivity contribution >= 4 is 35.3 Å². The minimum absolute atomic E-state index is 0.183. The van der Waals surface area contributed by atoms with Crippen LogP contribution in [0, 0.1) is 13.8 Å². The molecule has 0 radical (unpaired) electrons. The quantitative estimate of drug-likeness (QED) is 0.263. The van der Waals surface area contributed by atoms with Crippen molar-refractivity contribution in [2.24, 2.45) is 5.10 Å². The summed E-state index contributed by atoms with van der Waals surface area (Å²) in [6.45, 7) is 3.55. The Kier molecular flexibility index (Phi) is 8.55. The third-order valence-electron chi connectivity index (χ3n) is 4.86. The number of carbonyl (C=O) groups excluding carboxylic acids is 3. The first-order valence-electron chi connectivity index (χ1n) is 10.7. The van der Waals surface area contributed by atoms with Crippen LogP contribution >= 0.6 is 0 Å². The summed E-state index contributed by atoms with van der Waals surface area (Å²) < 4.78 is 10.7. The Morgan fingerprint density at radius 1 is 0.886 bits per heavy atom. The normalized spacial score (nSPS) is 10.5. The molecule has 0 heterocycles. The Balaban J connectivity index is 1.45. The van der Waals surface area contributed by atoms with Gasteiger partial charge in [0.05, 0.1) is 19.0 Å². The Bertz CT molecular complexity index is 1240. The Hall–Kier alpha value is -4.66. The van der Waals surface area contributed by atoms with Gasteiger partial charge in [0.1, 0.15) is 11.5 Å². The molecule has 0 aliphatic carbocycles. The van der Waals surface area contributed by atoms with Crippen LogP contribution < -0.4 is 25.5 Å². The monoisotopic (exact) mass is 474 g/mol. The van der Waals surface area contributed by atoms with Gasteiger partial charge in [-0.3, -0.25) is 14.4 Å². The van der Waals surface area contributed by atoms with Crippen LogP contribution in [0.4, 0.5) is 11.4 Å². The molecular formula is C26H26N4O5. The molecule has 0 aliphatic heterocycles. The highest BCUT2D eigenvalue weighted by Crippen LogP contribution is 2.23. The predicted molar refractivity (Wildman–Crippen MR) is 134 cm³/mol. The van der Waals surface area contributed by atoms with Gasteiger partial charge in [0, 0.05) is 5.69 Å². The van der Waals surface area contributed by atoms with Crippen LogP contribution in [0.25, 0.3) is 0 Å². The molecule has 35 heavy (non-hydrogen) atoms. The zero-order valence-electron chi connectivity index (χ0n) is 19.6. The molecule has 3 aromatic carbocycles. The maximum Gasteiger partial charge on any atom is 0.329 e.